The SMILES string of the molecule is CCCCN1/C(=C\C=C2\CCCC(/C=C/C3=[N+](CCCCCC(=O)NCCOCCOCCNC(=O)CCc4ccc(O)c(CN(CCN(CC(=O)O)Cc5cc(CCC(=O)NCCCCC(NC(=O)NC(CCC(=O)O)C(=O)O)C(=O)O)ccc5O)CC(=O)O)c4)c4ccc(S(=O)(=O)O)cc4C3(C)C)=C2Oc2ccc(S(=O)(=O)O)cc2)C(C)(C)c2cc(S(=O)(=O)O)ccc21. The van der Waals surface area contributed by atoms with Gasteiger partial charge in [0, 0.05) is 130 Å². The number of anilines is 1. The number of carboxylic acids is 5. The minimum absolute atomic E-state index is 0.000773. The maximum atomic E-state index is 13.0. The van der Waals surface area contributed by atoms with E-state index < -0.39 is 115 Å². The van der Waals surface area contributed by atoms with Gasteiger partial charge in [0.2, 0.25) is 23.4 Å². The van der Waals surface area contributed by atoms with Gasteiger partial charge in [-0.1, -0.05) is 57.5 Å². The van der Waals surface area contributed by atoms with Gasteiger partial charge in [0.05, 0.1) is 59.6 Å². The molecule has 0 fully saturated rings. The number of carbonyl (C=O) groups excluding carboxylic acids is 4. The van der Waals surface area contributed by atoms with E-state index in [-0.39, 0.29) is 167 Å². The van der Waals surface area contributed by atoms with Gasteiger partial charge in [-0.2, -0.15) is 29.8 Å². The third-order valence-corrected chi connectivity index (χ3v) is 25.0. The molecule has 0 saturated heterocycles. The number of nitrogens with one attached hydrogen (secondary N) is 5. The summed E-state index contributed by atoms with van der Waals surface area (Å²) in [5, 5.41) is 81.9. The molecule has 8 rings (SSSR count). The standard InChI is InChI=1S/C90H117N9O28S3/c1-6-7-43-98-73-31-28-67(129(119,120)121)53-69(73)89(2,3)77(98)35-22-61-14-13-15-62(85(61)127-65-24-26-66(27-25-65)128(116,117)118)23-36-78-90(4,5)70-54-68(130(122,123)124)29-32-74(70)99(78)44-12-8-9-17-79(102)92-41-47-125-49-50-126-48-42-93-81(104)38-21-60-19-34-76(101)64(52-60)56-97(58-84(109)110)46-45-96(57-83(107)108)55-63-51-59(18-33-75(63)100)20-37-80(103)91-40-11-10-16-71(86(111)112)94-88(115)95-72(87(113)114)30-39-82(105)106/h18-19,22-29,31-36,51-54,71-72H,6-17,20-21,30,37-50,55-58H2,1-5H3,(H14-,91,92,93,94,95,100,101,102,103,104,105,106,107,108,109,110,111,112,113,114,115,116,117,118,119,120,121,122,123,124)/p+1. The molecule has 5 aromatic rings. The predicted molar refractivity (Wildman–Crippen MR) is 477 cm³/mol. The molecular formula is C90H118N9O28S3+. The van der Waals surface area contributed by atoms with Crippen LogP contribution in [0, 0.1) is 0 Å². The van der Waals surface area contributed by atoms with Gasteiger partial charge in [0.25, 0.3) is 30.4 Å². The van der Waals surface area contributed by atoms with Gasteiger partial charge in [0.1, 0.15) is 41.6 Å². The molecule has 37 nitrogen and oxygen atoms in total. The zero-order chi connectivity index (χ0) is 95.3. The van der Waals surface area contributed by atoms with Crippen molar-refractivity contribution in [2.45, 2.75) is 201 Å². The van der Waals surface area contributed by atoms with E-state index in [4.69, 9.17) is 19.3 Å². The first-order chi connectivity index (χ1) is 61.4. The number of hydrogen-bond donors (Lipinski definition) is 15. The van der Waals surface area contributed by atoms with Crippen molar-refractivity contribution in [2.24, 2.45) is 0 Å². The number of carboxylic acid groups (broad SMARTS) is 5. The number of carbonyl (C=O) groups is 9. The Hall–Kier alpha value is -11.5. The van der Waals surface area contributed by atoms with Crippen LogP contribution in [-0.2, 0) is 115 Å². The number of fused-ring (bicyclic) bond motifs is 2. The summed E-state index contributed by atoms with van der Waals surface area (Å²) in [5.74, 6) is -6.95. The number of aliphatic carboxylic acids is 5. The Morgan fingerprint density at radius 3 is 1.58 bits per heavy atom. The number of aryl methyl sites for hydroxylation is 2. The van der Waals surface area contributed by atoms with E-state index >= 15 is 0 Å². The maximum Gasteiger partial charge on any atom is 0.326 e. The van der Waals surface area contributed by atoms with Crippen molar-refractivity contribution in [3.63, 3.8) is 0 Å². The van der Waals surface area contributed by atoms with Crippen LogP contribution < -0.4 is 36.2 Å². The third kappa shape index (κ3) is 31.7. The van der Waals surface area contributed by atoms with Crippen molar-refractivity contribution in [2.75, 3.05) is 90.2 Å². The molecule has 1 aliphatic carbocycles. The molecule has 2 unspecified atom stereocenters. The van der Waals surface area contributed by atoms with Crippen LogP contribution in [0.25, 0.3) is 0 Å². The highest BCUT2D eigenvalue weighted by Crippen LogP contribution is 2.49. The number of urea groups is 1. The summed E-state index contributed by atoms with van der Waals surface area (Å²) in [7, 11) is -13.6. The fourth-order valence-electron chi connectivity index (χ4n) is 15.6. The molecule has 2 atom stereocenters. The Bertz CT molecular complexity index is 5440. The lowest BCUT2D eigenvalue weighted by molar-refractivity contribution is -0.438. The van der Waals surface area contributed by atoms with E-state index in [1.165, 1.54) is 70.5 Å². The molecule has 5 aromatic carbocycles. The molecule has 130 heavy (non-hydrogen) atoms. The summed E-state index contributed by atoms with van der Waals surface area (Å²) < 4.78 is 124. The second-order valence-corrected chi connectivity index (χ2v) is 37.2. The van der Waals surface area contributed by atoms with Crippen molar-refractivity contribution in [3.8, 4) is 17.2 Å². The Kier molecular flexibility index (Phi) is 38.7. The Balaban J connectivity index is 0.762. The van der Waals surface area contributed by atoms with Crippen LogP contribution in [-0.4, -0.2) is 246 Å². The average Bonchev–Trinajstić information content (AvgIpc) is 1.59. The molecule has 5 amide bonds. The summed E-state index contributed by atoms with van der Waals surface area (Å²) in [6.45, 7) is 11.2. The Morgan fingerprint density at radius 1 is 0.531 bits per heavy atom. The normalized spacial score (nSPS) is 15.4. The minimum Gasteiger partial charge on any atom is -0.508 e. The summed E-state index contributed by atoms with van der Waals surface area (Å²) in [6, 6.07) is 19.7. The average molecular weight is 1870 g/mol. The van der Waals surface area contributed by atoms with E-state index in [9.17, 15) is 113 Å². The van der Waals surface area contributed by atoms with Gasteiger partial charge in [-0.3, -0.25) is 52.2 Å². The van der Waals surface area contributed by atoms with Crippen LogP contribution in [0.15, 0.2) is 159 Å². The zero-order valence-electron chi connectivity index (χ0n) is 73.4. The topological polar surface area (TPSA) is 559 Å². The van der Waals surface area contributed by atoms with Crippen LogP contribution in [0.5, 0.6) is 17.2 Å². The van der Waals surface area contributed by atoms with Crippen LogP contribution in [0.2, 0.25) is 0 Å². The lowest BCUT2D eigenvalue weighted by atomic mass is 9.81. The highest BCUT2D eigenvalue weighted by molar-refractivity contribution is 7.86. The number of rotatable bonds is 55. The second-order valence-electron chi connectivity index (χ2n) is 33.0. The molecule has 708 valence electrons. The molecule has 2 aliphatic heterocycles. The molecule has 15 N–H and O–H groups in total. The second kappa shape index (κ2) is 48.4. The van der Waals surface area contributed by atoms with Gasteiger partial charge >= 0.3 is 35.9 Å². The summed E-state index contributed by atoms with van der Waals surface area (Å²) >= 11 is 0. The van der Waals surface area contributed by atoms with E-state index in [0.717, 1.165) is 52.3 Å². The van der Waals surface area contributed by atoms with Crippen molar-refractivity contribution in [1.29, 1.82) is 0 Å². The number of unbranched alkanes of at least 4 members (excludes halogenated alkanes) is 4. The summed E-state index contributed by atoms with van der Waals surface area (Å²) in [4.78, 5) is 114. The maximum absolute atomic E-state index is 13.0. The number of nitrogens with zero attached hydrogens (tertiary/aromatic N) is 4. The van der Waals surface area contributed by atoms with Gasteiger partial charge in [-0.25, -0.2) is 14.4 Å². The first-order valence-corrected chi connectivity index (χ1v) is 47.2. The predicted octanol–water partition coefficient (Wildman–Crippen LogP) is 8.92. The first-order valence-electron chi connectivity index (χ1n) is 42.9. The van der Waals surface area contributed by atoms with E-state index in [1.807, 2.05) is 52.0 Å². The first kappa shape index (κ1) is 104. The van der Waals surface area contributed by atoms with E-state index in [2.05, 4.69) is 43.0 Å². The third-order valence-electron chi connectivity index (χ3n) is 22.5. The van der Waals surface area contributed by atoms with Gasteiger partial charge in [-0.15, -0.1) is 0 Å². The number of benzene rings is 5. The molecule has 0 bridgehead atoms. The van der Waals surface area contributed by atoms with E-state index in [1.54, 1.807) is 36.4 Å². The summed E-state index contributed by atoms with van der Waals surface area (Å²) in [5.41, 5.74) is 6.56. The number of hydrogen-bond acceptors (Lipinski definition) is 23. The van der Waals surface area contributed by atoms with Gasteiger partial charge in [-0.05, 0) is 198 Å². The van der Waals surface area contributed by atoms with Crippen molar-refractivity contribution >= 4 is 101 Å². The number of phenols is 2. The van der Waals surface area contributed by atoms with Crippen molar-refractivity contribution in [1.82, 2.24) is 36.4 Å². The number of ether oxygens (including phenoxy) is 3. The minimum atomic E-state index is -4.60. The molecular weight excluding hydrogens is 1750 g/mol. The van der Waals surface area contributed by atoms with Crippen LogP contribution in [0.1, 0.15) is 171 Å². The molecule has 0 radical (unpaired) electrons. The van der Waals surface area contributed by atoms with Crippen LogP contribution in [0.4, 0.5) is 16.2 Å². The monoisotopic (exact) mass is 1870 g/mol. The van der Waals surface area contributed by atoms with Crippen LogP contribution >= 0.6 is 0 Å². The number of allylic oxidation sites excluding steroid dienone is 7. The zero-order valence-corrected chi connectivity index (χ0v) is 75.8. The smallest absolute Gasteiger partial charge is 0.326 e. The van der Waals surface area contributed by atoms with Crippen molar-refractivity contribution in [3.05, 3.63) is 177 Å². The highest BCUT2D eigenvalue weighted by atomic mass is 32.2. The number of aromatic hydroxyl groups is 2. The van der Waals surface area contributed by atoms with Crippen molar-refractivity contribution < 1.29 is 137 Å². The number of amides is 5. The highest BCUT2D eigenvalue weighted by Gasteiger charge is 2.46. The lowest BCUT2D eigenvalue weighted by Gasteiger charge is -2.27. The molecule has 0 spiro atoms. The molecule has 0 aromatic heterocycles. The van der Waals surface area contributed by atoms with Gasteiger partial charge < -0.3 is 81.4 Å². The molecule has 40 heteroatoms. The quantitative estimate of drug-likeness (QED) is 0.00980. The molecule has 2 heterocycles. The van der Waals surface area contributed by atoms with E-state index in [0.29, 0.717) is 91.6 Å². The fourth-order valence-corrected chi connectivity index (χ4v) is 17.0. The molecule has 0 saturated carbocycles. The number of phenolic OH excluding ortho intramolecular Hbond substituents is 2. The van der Waals surface area contributed by atoms with Gasteiger partial charge in [0.15, 0.2) is 5.71 Å². The fraction of sp³-hybridized carbons (Fsp3) is 0.467. The Morgan fingerprint density at radius 2 is 1.05 bits per heavy atom. The Labute approximate surface area is 755 Å². The van der Waals surface area contributed by atoms with Crippen LogP contribution in [0.3, 0.4) is 0 Å². The lowest BCUT2D eigenvalue weighted by Crippen LogP contribution is -2.51. The molecule has 3 aliphatic rings. The summed E-state index contributed by atoms with van der Waals surface area (Å²) in [6.07, 6.45) is 13.4. The largest absolute Gasteiger partial charge is 0.508 e.